The lowest BCUT2D eigenvalue weighted by molar-refractivity contribution is -0.286. The number of nitrogens with zero attached hydrogens (tertiary/aromatic N) is 1. The largest absolute Gasteiger partial charge is 0.586 e. The molecule has 31 heavy (non-hydrogen) atoms. The van der Waals surface area contributed by atoms with Crippen LogP contribution in [0.4, 0.5) is 20.2 Å². The number of thiophene rings is 1. The number of rotatable bonds is 7. The van der Waals surface area contributed by atoms with Gasteiger partial charge in [0, 0.05) is 35.3 Å². The van der Waals surface area contributed by atoms with Crippen molar-refractivity contribution in [3.8, 4) is 11.5 Å². The van der Waals surface area contributed by atoms with E-state index < -0.39 is 18.1 Å². The van der Waals surface area contributed by atoms with Gasteiger partial charge in [-0.05, 0) is 36.2 Å². The maximum Gasteiger partial charge on any atom is 0.586 e. The van der Waals surface area contributed by atoms with E-state index in [0.717, 1.165) is 5.56 Å². The van der Waals surface area contributed by atoms with Gasteiger partial charge in [0.15, 0.2) is 11.5 Å². The second-order valence-electron chi connectivity index (χ2n) is 6.57. The van der Waals surface area contributed by atoms with E-state index in [0.29, 0.717) is 24.2 Å². The molecule has 0 unspecified atom stereocenters. The zero-order valence-corrected chi connectivity index (χ0v) is 16.7. The van der Waals surface area contributed by atoms with Gasteiger partial charge < -0.3 is 25.8 Å². The Hall–Kier alpha value is -3.73. The predicted octanol–water partition coefficient (Wildman–Crippen LogP) is 3.47. The van der Waals surface area contributed by atoms with E-state index in [4.69, 9.17) is 5.73 Å². The van der Waals surface area contributed by atoms with Gasteiger partial charge in [0.2, 0.25) is 0 Å². The lowest BCUT2D eigenvalue weighted by atomic mass is 10.1. The van der Waals surface area contributed by atoms with Crippen molar-refractivity contribution in [2.45, 2.75) is 12.7 Å². The molecule has 4 N–H and O–H groups in total. The number of aromatic nitrogens is 1. The van der Waals surface area contributed by atoms with E-state index in [1.807, 2.05) is 0 Å². The predicted molar refractivity (Wildman–Crippen MR) is 110 cm³/mol. The van der Waals surface area contributed by atoms with Crippen molar-refractivity contribution in [3.05, 3.63) is 64.1 Å². The summed E-state index contributed by atoms with van der Waals surface area (Å²) in [4.78, 5) is 27.8. The minimum atomic E-state index is -3.72. The summed E-state index contributed by atoms with van der Waals surface area (Å²) in [6.45, 7) is 0.498. The third kappa shape index (κ3) is 4.72. The van der Waals surface area contributed by atoms with Gasteiger partial charge in [-0.1, -0.05) is 0 Å². The molecule has 160 valence electrons. The lowest BCUT2D eigenvalue weighted by Gasteiger charge is -2.09. The van der Waals surface area contributed by atoms with Gasteiger partial charge in [0.05, 0.1) is 11.3 Å². The number of carbonyl (C=O) groups is 2. The Kier molecular flexibility index (Phi) is 5.42. The normalized spacial score (nSPS) is 13.6. The van der Waals surface area contributed by atoms with E-state index >= 15 is 0 Å². The lowest BCUT2D eigenvalue weighted by Crippen LogP contribution is -2.25. The molecule has 0 bridgehead atoms. The molecule has 11 heteroatoms. The molecule has 0 saturated heterocycles. The number of halogens is 2. The van der Waals surface area contributed by atoms with E-state index in [1.165, 1.54) is 35.7 Å². The summed E-state index contributed by atoms with van der Waals surface area (Å²) in [5, 5.41) is 9.30. The van der Waals surface area contributed by atoms with E-state index in [9.17, 15) is 18.4 Å². The van der Waals surface area contributed by atoms with E-state index in [-0.39, 0.29) is 22.9 Å². The average Bonchev–Trinajstić information content (AvgIpc) is 3.30. The first-order valence-electron chi connectivity index (χ1n) is 9.07. The van der Waals surface area contributed by atoms with Gasteiger partial charge >= 0.3 is 6.29 Å². The average molecular weight is 446 g/mol. The maximum absolute atomic E-state index is 13.1. The van der Waals surface area contributed by atoms with Crippen LogP contribution in [0.2, 0.25) is 0 Å². The minimum absolute atomic E-state index is 0.100. The number of hydrogen-bond donors (Lipinski definition) is 3. The van der Waals surface area contributed by atoms with Gasteiger partial charge in [-0.25, -0.2) is 0 Å². The molecule has 1 aliphatic heterocycles. The van der Waals surface area contributed by atoms with Crippen LogP contribution >= 0.6 is 11.3 Å². The molecule has 0 aliphatic carbocycles. The Morgan fingerprint density at radius 1 is 1.13 bits per heavy atom. The molecule has 0 saturated carbocycles. The molecule has 3 heterocycles. The van der Waals surface area contributed by atoms with Crippen molar-refractivity contribution in [1.82, 2.24) is 4.98 Å². The highest BCUT2D eigenvalue weighted by Crippen LogP contribution is 2.42. The summed E-state index contributed by atoms with van der Waals surface area (Å²) in [5.74, 6) is -1.26. The third-order valence-electron chi connectivity index (χ3n) is 4.37. The molecule has 0 spiro atoms. The van der Waals surface area contributed by atoms with Crippen molar-refractivity contribution in [2.75, 3.05) is 17.2 Å². The molecule has 1 aliphatic rings. The quantitative estimate of drug-likeness (QED) is 0.512. The van der Waals surface area contributed by atoms with Crippen LogP contribution in [0.3, 0.4) is 0 Å². The molecule has 8 nitrogen and oxygen atoms in total. The van der Waals surface area contributed by atoms with Crippen LogP contribution in [0.25, 0.3) is 0 Å². The monoisotopic (exact) mass is 446 g/mol. The summed E-state index contributed by atoms with van der Waals surface area (Å²) in [6.07, 6.45) is -1.63. The van der Waals surface area contributed by atoms with E-state index in [2.05, 4.69) is 25.1 Å². The molecule has 1 aromatic carbocycles. The fourth-order valence-corrected chi connectivity index (χ4v) is 3.73. The highest BCUT2D eigenvalue weighted by atomic mass is 32.1. The number of alkyl halides is 2. The molecular formula is C20H16F2N4O4S. The number of hydrogen-bond acceptors (Lipinski definition) is 7. The number of nitrogens with one attached hydrogen (secondary N) is 2. The third-order valence-corrected chi connectivity index (χ3v) is 5.12. The first-order chi connectivity index (χ1) is 14.8. The zero-order valence-electron chi connectivity index (χ0n) is 15.9. The van der Waals surface area contributed by atoms with Crippen LogP contribution in [0, 0.1) is 0 Å². The Balaban J connectivity index is 1.38. The maximum atomic E-state index is 13.1. The summed E-state index contributed by atoms with van der Waals surface area (Å²) < 4.78 is 35.0. The summed E-state index contributed by atoms with van der Waals surface area (Å²) in [7, 11) is 0. The second kappa shape index (κ2) is 8.19. The molecule has 0 radical (unpaired) electrons. The second-order valence-corrected chi connectivity index (χ2v) is 7.32. The first-order valence-corrected chi connectivity index (χ1v) is 10.0. The number of primary amides is 1. The van der Waals surface area contributed by atoms with Gasteiger partial charge in [-0.2, -0.15) is 0 Å². The molecule has 0 atom stereocenters. The fourth-order valence-electron chi connectivity index (χ4n) is 2.94. The van der Waals surface area contributed by atoms with E-state index in [1.54, 1.807) is 22.9 Å². The molecular weight excluding hydrogens is 430 g/mol. The van der Waals surface area contributed by atoms with Crippen LogP contribution in [-0.2, 0) is 6.42 Å². The van der Waals surface area contributed by atoms with Crippen molar-refractivity contribution in [1.29, 1.82) is 0 Å². The van der Waals surface area contributed by atoms with Crippen LogP contribution in [0.15, 0.2) is 47.3 Å². The number of amides is 2. The Labute approximate surface area is 179 Å². The van der Waals surface area contributed by atoms with Crippen molar-refractivity contribution < 1.29 is 27.8 Å². The number of fused-ring (bicyclic) bond motifs is 1. The number of anilines is 2. The molecule has 2 aromatic heterocycles. The van der Waals surface area contributed by atoms with Gasteiger partial charge in [-0.3, -0.25) is 14.6 Å². The summed E-state index contributed by atoms with van der Waals surface area (Å²) >= 11 is 1.34. The van der Waals surface area contributed by atoms with Crippen molar-refractivity contribution in [2.24, 2.45) is 5.73 Å². The van der Waals surface area contributed by atoms with Crippen LogP contribution in [0.1, 0.15) is 26.4 Å². The minimum Gasteiger partial charge on any atom is -0.395 e. The zero-order chi connectivity index (χ0) is 22.0. The molecule has 4 rings (SSSR count). The Morgan fingerprint density at radius 2 is 1.94 bits per heavy atom. The number of carbonyl (C=O) groups excluding carboxylic acids is 2. The SMILES string of the molecule is NC(=O)c1cc(CCNc2cscc2C(=O)Nc2ccc3c(c2)OC(F)(F)O3)ccn1. The molecule has 2 amide bonds. The van der Waals surface area contributed by atoms with Crippen LogP contribution in [0.5, 0.6) is 11.5 Å². The Morgan fingerprint density at radius 3 is 2.74 bits per heavy atom. The van der Waals surface area contributed by atoms with Crippen LogP contribution in [-0.4, -0.2) is 29.6 Å². The van der Waals surface area contributed by atoms with Crippen molar-refractivity contribution in [3.63, 3.8) is 0 Å². The number of pyridine rings is 1. The summed E-state index contributed by atoms with van der Waals surface area (Å²) in [5.41, 5.74) is 7.61. The smallest absolute Gasteiger partial charge is 0.395 e. The van der Waals surface area contributed by atoms with Gasteiger partial charge in [0.1, 0.15) is 5.69 Å². The first kappa shape index (κ1) is 20.5. The Bertz CT molecular complexity index is 1150. The van der Waals surface area contributed by atoms with Gasteiger partial charge in [0.25, 0.3) is 11.8 Å². The standard InChI is InChI=1S/C20H16F2N4O4S/c21-20(22)29-16-2-1-12(8-17(16)30-20)26-19(28)13-9-31-10-15(13)25-6-4-11-3-5-24-14(7-11)18(23)27/h1-3,5,7-10,25H,4,6H2,(H2,23,27)(H,26,28). The van der Waals surface area contributed by atoms with Crippen molar-refractivity contribution >= 4 is 34.5 Å². The highest BCUT2D eigenvalue weighted by Gasteiger charge is 2.43. The highest BCUT2D eigenvalue weighted by molar-refractivity contribution is 7.08. The summed E-state index contributed by atoms with van der Waals surface area (Å²) in [6, 6.07) is 7.41. The number of benzene rings is 1. The molecule has 0 fully saturated rings. The number of ether oxygens (including phenoxy) is 2. The van der Waals surface area contributed by atoms with Gasteiger partial charge in [-0.15, -0.1) is 20.1 Å². The topological polar surface area (TPSA) is 116 Å². The van der Waals surface area contributed by atoms with Crippen LogP contribution < -0.4 is 25.8 Å². The molecule has 3 aromatic rings. The number of nitrogens with two attached hydrogens (primary N) is 1. The fraction of sp³-hybridized carbons (Fsp3) is 0.150.